The third kappa shape index (κ3) is 4.55. The molecule has 0 bridgehead atoms. The van der Waals surface area contributed by atoms with Crippen molar-refractivity contribution in [2.24, 2.45) is 0 Å². The average molecular weight is 399 g/mol. The summed E-state index contributed by atoms with van der Waals surface area (Å²) >= 11 is 5.97. The lowest BCUT2D eigenvalue weighted by atomic mass is 10.2. The van der Waals surface area contributed by atoms with Gasteiger partial charge < -0.3 is 15.2 Å². The maximum absolute atomic E-state index is 12.5. The van der Waals surface area contributed by atoms with Gasteiger partial charge in [-0.1, -0.05) is 29.8 Å². The number of nitrogens with zero attached hydrogens (tertiary/aromatic N) is 2. The first kappa shape index (κ1) is 19.6. The Morgan fingerprint density at radius 1 is 1.18 bits per heavy atom. The Labute approximate surface area is 166 Å². The molecule has 1 heterocycles. The van der Waals surface area contributed by atoms with Crippen LogP contribution < -0.4 is 10.9 Å². The number of benzene rings is 2. The van der Waals surface area contributed by atoms with Crippen molar-refractivity contribution in [3.63, 3.8) is 0 Å². The van der Waals surface area contributed by atoms with Crippen LogP contribution in [0.3, 0.4) is 0 Å². The molecule has 0 radical (unpaired) electrons. The van der Waals surface area contributed by atoms with Crippen LogP contribution in [0.1, 0.15) is 23.1 Å². The molecule has 0 spiro atoms. The van der Waals surface area contributed by atoms with E-state index in [2.05, 4.69) is 15.3 Å². The summed E-state index contributed by atoms with van der Waals surface area (Å²) in [6.07, 6.45) is 0. The number of amides is 2. The molecule has 0 unspecified atom stereocenters. The molecule has 0 aliphatic heterocycles. The van der Waals surface area contributed by atoms with Crippen molar-refractivity contribution < 1.29 is 9.59 Å². The zero-order valence-electron chi connectivity index (χ0n) is 15.2. The van der Waals surface area contributed by atoms with Gasteiger partial charge in [-0.3, -0.25) is 14.4 Å². The molecule has 7 nitrogen and oxygen atoms in total. The summed E-state index contributed by atoms with van der Waals surface area (Å²) in [5.74, 6) is -0.248. The van der Waals surface area contributed by atoms with Gasteiger partial charge in [0, 0.05) is 17.1 Å². The van der Waals surface area contributed by atoms with Gasteiger partial charge >= 0.3 is 0 Å². The van der Waals surface area contributed by atoms with E-state index in [1.807, 2.05) is 13.0 Å². The smallest absolute Gasteiger partial charge is 0.258 e. The molecule has 0 aliphatic carbocycles. The second-order valence-electron chi connectivity index (χ2n) is 6.13. The van der Waals surface area contributed by atoms with Crippen LogP contribution in [0.25, 0.3) is 10.9 Å². The third-order valence-electron chi connectivity index (χ3n) is 4.23. The van der Waals surface area contributed by atoms with Gasteiger partial charge in [0.15, 0.2) is 0 Å². The lowest BCUT2D eigenvalue weighted by Crippen LogP contribution is -2.40. The number of carbonyl (C=O) groups is 2. The molecule has 8 heteroatoms. The molecule has 2 N–H and O–H groups in total. The fourth-order valence-electron chi connectivity index (χ4n) is 2.75. The van der Waals surface area contributed by atoms with Crippen LogP contribution in [-0.4, -0.2) is 39.8 Å². The molecular formula is C20H19ClN4O3. The first-order chi connectivity index (χ1) is 13.5. The molecular weight excluding hydrogens is 380 g/mol. The van der Waals surface area contributed by atoms with Gasteiger partial charge in [0.1, 0.15) is 5.82 Å². The Bertz CT molecular complexity index is 1070. The largest absolute Gasteiger partial charge is 0.343 e. The molecule has 144 valence electrons. The van der Waals surface area contributed by atoms with E-state index in [4.69, 9.17) is 11.6 Å². The Balaban J connectivity index is 1.69. The van der Waals surface area contributed by atoms with Crippen molar-refractivity contribution in [3.8, 4) is 0 Å². The van der Waals surface area contributed by atoms with E-state index < -0.39 is 0 Å². The fourth-order valence-corrected chi connectivity index (χ4v) is 2.92. The van der Waals surface area contributed by atoms with E-state index in [0.29, 0.717) is 33.9 Å². The number of aromatic nitrogens is 2. The van der Waals surface area contributed by atoms with Gasteiger partial charge in [-0.05, 0) is 37.3 Å². The molecule has 0 saturated heterocycles. The molecule has 3 rings (SSSR count). The van der Waals surface area contributed by atoms with Gasteiger partial charge in [0.2, 0.25) is 5.91 Å². The summed E-state index contributed by atoms with van der Waals surface area (Å²) in [5.41, 5.74) is 0.653. The lowest BCUT2D eigenvalue weighted by Gasteiger charge is -2.20. The van der Waals surface area contributed by atoms with Crippen molar-refractivity contribution in [2.75, 3.05) is 13.1 Å². The second kappa shape index (κ2) is 8.67. The summed E-state index contributed by atoms with van der Waals surface area (Å²) in [6.45, 7) is 2.18. The van der Waals surface area contributed by atoms with Crippen molar-refractivity contribution in [1.29, 1.82) is 0 Å². The lowest BCUT2D eigenvalue weighted by molar-refractivity contribution is -0.130. The van der Waals surface area contributed by atoms with Crippen LogP contribution in [0.15, 0.2) is 53.3 Å². The molecule has 0 atom stereocenters. The van der Waals surface area contributed by atoms with E-state index in [-0.39, 0.29) is 30.5 Å². The first-order valence-corrected chi connectivity index (χ1v) is 9.15. The van der Waals surface area contributed by atoms with Crippen LogP contribution in [0.2, 0.25) is 5.02 Å². The van der Waals surface area contributed by atoms with E-state index in [0.717, 1.165) is 0 Å². The monoisotopic (exact) mass is 398 g/mol. The standard InChI is InChI=1S/C20H19ClN4O3/c1-2-25(18(26)11-22-19(27)13-6-4-3-5-7-13)12-17-23-16-10-14(21)8-9-15(16)20(28)24-17/h3-10H,2,11-12H2,1H3,(H,22,27)(H,23,24,28). The predicted molar refractivity (Wildman–Crippen MR) is 107 cm³/mol. The van der Waals surface area contributed by atoms with Crippen LogP contribution in [0, 0.1) is 0 Å². The van der Waals surface area contributed by atoms with Crippen LogP contribution in [0.4, 0.5) is 0 Å². The number of H-pyrrole nitrogens is 1. The highest BCUT2D eigenvalue weighted by Crippen LogP contribution is 2.15. The molecule has 1 aromatic heterocycles. The minimum absolute atomic E-state index is 0.119. The number of aromatic amines is 1. The summed E-state index contributed by atoms with van der Waals surface area (Å²) in [7, 11) is 0. The fraction of sp³-hybridized carbons (Fsp3) is 0.200. The third-order valence-corrected chi connectivity index (χ3v) is 4.46. The molecule has 0 aliphatic rings. The number of fused-ring (bicyclic) bond motifs is 1. The minimum Gasteiger partial charge on any atom is -0.343 e. The Hall–Kier alpha value is -3.19. The number of hydrogen-bond acceptors (Lipinski definition) is 4. The van der Waals surface area contributed by atoms with Crippen LogP contribution in [-0.2, 0) is 11.3 Å². The van der Waals surface area contributed by atoms with E-state index in [9.17, 15) is 14.4 Å². The predicted octanol–water partition coefficient (Wildman–Crippen LogP) is 2.36. The minimum atomic E-state index is -0.322. The Kier molecular flexibility index (Phi) is 6.06. The van der Waals surface area contributed by atoms with Gasteiger partial charge in [0.05, 0.1) is 24.0 Å². The highest BCUT2D eigenvalue weighted by Gasteiger charge is 2.16. The number of likely N-dealkylation sites (N-methyl/N-ethyl adjacent to an activating group) is 1. The number of hydrogen-bond donors (Lipinski definition) is 2. The highest BCUT2D eigenvalue weighted by atomic mass is 35.5. The van der Waals surface area contributed by atoms with E-state index in [1.165, 1.54) is 4.90 Å². The summed E-state index contributed by atoms with van der Waals surface area (Å²) < 4.78 is 0. The SMILES string of the molecule is CCN(Cc1nc2cc(Cl)ccc2c(=O)[nH]1)C(=O)CNC(=O)c1ccccc1. The molecule has 2 amide bonds. The molecule has 0 saturated carbocycles. The number of halogens is 1. The maximum Gasteiger partial charge on any atom is 0.258 e. The van der Waals surface area contributed by atoms with E-state index >= 15 is 0 Å². The summed E-state index contributed by atoms with van der Waals surface area (Å²) in [4.78, 5) is 45.4. The Morgan fingerprint density at radius 2 is 1.93 bits per heavy atom. The van der Waals surface area contributed by atoms with Crippen molar-refractivity contribution in [3.05, 3.63) is 75.3 Å². The average Bonchev–Trinajstić information content (AvgIpc) is 2.70. The van der Waals surface area contributed by atoms with E-state index in [1.54, 1.807) is 42.5 Å². The summed E-state index contributed by atoms with van der Waals surface area (Å²) in [5, 5.41) is 3.51. The van der Waals surface area contributed by atoms with Crippen LogP contribution >= 0.6 is 11.6 Å². The van der Waals surface area contributed by atoms with Crippen molar-refractivity contribution in [1.82, 2.24) is 20.2 Å². The molecule has 3 aromatic rings. The number of carbonyl (C=O) groups excluding carboxylic acids is 2. The topological polar surface area (TPSA) is 95.2 Å². The quantitative estimate of drug-likeness (QED) is 0.666. The summed E-state index contributed by atoms with van der Waals surface area (Å²) in [6, 6.07) is 13.5. The van der Waals surface area contributed by atoms with Gasteiger partial charge in [-0.25, -0.2) is 4.98 Å². The highest BCUT2D eigenvalue weighted by molar-refractivity contribution is 6.31. The van der Waals surface area contributed by atoms with Gasteiger partial charge in [0.25, 0.3) is 11.5 Å². The number of nitrogens with one attached hydrogen (secondary N) is 2. The Morgan fingerprint density at radius 3 is 2.64 bits per heavy atom. The van der Waals surface area contributed by atoms with Crippen molar-refractivity contribution in [2.45, 2.75) is 13.5 Å². The molecule has 2 aromatic carbocycles. The van der Waals surface area contributed by atoms with Gasteiger partial charge in [-0.2, -0.15) is 0 Å². The normalized spacial score (nSPS) is 10.6. The number of rotatable bonds is 6. The maximum atomic E-state index is 12.5. The molecule has 0 fully saturated rings. The van der Waals surface area contributed by atoms with Gasteiger partial charge in [-0.15, -0.1) is 0 Å². The van der Waals surface area contributed by atoms with Crippen LogP contribution in [0.5, 0.6) is 0 Å². The first-order valence-electron chi connectivity index (χ1n) is 8.77. The second-order valence-corrected chi connectivity index (χ2v) is 6.57. The zero-order valence-corrected chi connectivity index (χ0v) is 16.0. The molecule has 28 heavy (non-hydrogen) atoms. The zero-order chi connectivity index (χ0) is 20.1. The van der Waals surface area contributed by atoms with Crippen molar-refractivity contribution >= 4 is 34.3 Å².